The lowest BCUT2D eigenvalue weighted by Gasteiger charge is -2.61. The van der Waals surface area contributed by atoms with Crippen molar-refractivity contribution in [1.82, 2.24) is 0 Å². The Labute approximate surface area is 233 Å². The van der Waals surface area contributed by atoms with E-state index < -0.39 is 8.32 Å². The molecule has 0 saturated heterocycles. The smallest absolute Gasteiger partial charge is 0.306 e. The van der Waals surface area contributed by atoms with Gasteiger partial charge in [-0.2, -0.15) is 0 Å². The Balaban J connectivity index is 1.36. The summed E-state index contributed by atoms with van der Waals surface area (Å²) in [5.74, 6) is 2.39. The molecule has 4 rings (SSSR count). The Hall–Kier alpha value is -0.883. The third-order valence-corrected chi connectivity index (χ3v) is 16.5. The fourth-order valence-corrected chi connectivity index (χ4v) is 10.2. The Morgan fingerprint density at radius 1 is 0.868 bits per heavy atom. The molecule has 8 atom stereocenters. The highest BCUT2D eigenvalue weighted by Crippen LogP contribution is 2.66. The summed E-state index contributed by atoms with van der Waals surface area (Å²) in [6, 6.07) is 0. The van der Waals surface area contributed by atoms with E-state index in [2.05, 4.69) is 47.7 Å². The Morgan fingerprint density at radius 3 is 2.16 bits per heavy atom. The van der Waals surface area contributed by atoms with Crippen LogP contribution in [0.25, 0.3) is 0 Å². The highest BCUT2D eigenvalue weighted by atomic mass is 28.4. The average Bonchev–Trinajstić information content (AvgIpc) is 3.12. The maximum atomic E-state index is 12.7. The maximum Gasteiger partial charge on any atom is 0.306 e. The van der Waals surface area contributed by atoms with Crippen LogP contribution in [0.3, 0.4) is 0 Å². The van der Waals surface area contributed by atoms with Crippen molar-refractivity contribution in [2.45, 2.75) is 156 Å². The monoisotopic (exact) mass is 548 g/mol. The average molecular weight is 549 g/mol. The minimum absolute atomic E-state index is 0.0127. The van der Waals surface area contributed by atoms with E-state index in [9.17, 15) is 9.59 Å². The van der Waals surface area contributed by atoms with Crippen molar-refractivity contribution in [3.63, 3.8) is 0 Å². The predicted molar refractivity (Wildman–Crippen MR) is 154 cm³/mol. The van der Waals surface area contributed by atoms with E-state index in [4.69, 9.17) is 13.9 Å². The summed E-state index contributed by atoms with van der Waals surface area (Å²) in [5.41, 5.74) is 0.490. The van der Waals surface area contributed by atoms with Crippen LogP contribution in [0.15, 0.2) is 0 Å². The predicted octanol–water partition coefficient (Wildman–Crippen LogP) is 8.06. The van der Waals surface area contributed by atoms with Gasteiger partial charge in [-0.05, 0) is 119 Å². The third kappa shape index (κ3) is 5.78. The molecule has 0 amide bonds. The van der Waals surface area contributed by atoms with E-state index in [0.29, 0.717) is 17.4 Å². The van der Waals surface area contributed by atoms with Crippen molar-refractivity contribution in [2.24, 2.45) is 34.5 Å². The number of carbonyl (C=O) groups is 2. The largest absolute Gasteiger partial charge is 0.463 e. The SMILES string of the molecule is CC(C)OC(=O)CCC(=O)O[C@H]1CC[C@H]2[C@@H]3CC[C@@H]4CC(O[Si](C)(C)C(C)(C)C)CC[C@]4(C)[C@H]3CC[C@]12C. The fraction of sp³-hybridized carbons (Fsp3) is 0.938. The number of esters is 2. The molecule has 0 heterocycles. The Morgan fingerprint density at radius 2 is 1.50 bits per heavy atom. The van der Waals surface area contributed by atoms with Gasteiger partial charge in [-0.15, -0.1) is 0 Å². The zero-order chi connectivity index (χ0) is 28.1. The van der Waals surface area contributed by atoms with Gasteiger partial charge in [0.05, 0.1) is 18.9 Å². The molecule has 0 aliphatic heterocycles. The molecule has 218 valence electrons. The molecule has 0 N–H and O–H groups in total. The number of hydrogen-bond donors (Lipinski definition) is 0. The third-order valence-electron chi connectivity index (χ3n) is 12.0. The van der Waals surface area contributed by atoms with Crippen LogP contribution in [-0.4, -0.2) is 38.6 Å². The minimum Gasteiger partial charge on any atom is -0.463 e. The summed E-state index contributed by atoms with van der Waals surface area (Å²) < 4.78 is 18.2. The quantitative estimate of drug-likeness (QED) is 0.238. The first-order valence-electron chi connectivity index (χ1n) is 15.6. The molecule has 0 bridgehead atoms. The molecule has 0 aromatic rings. The lowest BCUT2D eigenvalue weighted by atomic mass is 9.45. The minimum atomic E-state index is -1.74. The van der Waals surface area contributed by atoms with E-state index in [1.807, 2.05) is 13.8 Å². The first-order valence-corrected chi connectivity index (χ1v) is 18.5. The Bertz CT molecular complexity index is 878. The molecule has 4 aliphatic carbocycles. The van der Waals surface area contributed by atoms with Gasteiger partial charge in [0, 0.05) is 11.5 Å². The molecule has 0 spiro atoms. The molecule has 0 radical (unpaired) electrons. The lowest BCUT2D eigenvalue weighted by molar-refractivity contribution is -0.167. The number of hydrogen-bond acceptors (Lipinski definition) is 5. The zero-order valence-electron chi connectivity index (χ0n) is 25.9. The number of carbonyl (C=O) groups excluding carboxylic acids is 2. The normalized spacial score (nSPS) is 39.2. The van der Waals surface area contributed by atoms with Gasteiger partial charge in [0.25, 0.3) is 0 Å². The van der Waals surface area contributed by atoms with Crippen LogP contribution < -0.4 is 0 Å². The lowest BCUT2D eigenvalue weighted by Crippen LogP contribution is -2.55. The van der Waals surface area contributed by atoms with Crippen LogP contribution in [-0.2, 0) is 23.5 Å². The van der Waals surface area contributed by atoms with Gasteiger partial charge in [-0.1, -0.05) is 34.6 Å². The van der Waals surface area contributed by atoms with Gasteiger partial charge in [-0.25, -0.2) is 0 Å². The fourth-order valence-electron chi connectivity index (χ4n) is 8.81. The van der Waals surface area contributed by atoms with Crippen molar-refractivity contribution in [1.29, 1.82) is 0 Å². The number of rotatable bonds is 7. The highest BCUT2D eigenvalue weighted by molar-refractivity contribution is 6.74. The van der Waals surface area contributed by atoms with Crippen LogP contribution in [0.1, 0.15) is 119 Å². The van der Waals surface area contributed by atoms with E-state index in [1.54, 1.807) is 0 Å². The van der Waals surface area contributed by atoms with Gasteiger partial charge >= 0.3 is 11.9 Å². The summed E-state index contributed by atoms with van der Waals surface area (Å²) in [4.78, 5) is 24.6. The number of fused-ring (bicyclic) bond motifs is 5. The van der Waals surface area contributed by atoms with Gasteiger partial charge in [0.15, 0.2) is 8.32 Å². The molecule has 0 aromatic heterocycles. The second kappa shape index (κ2) is 10.8. The molecule has 0 aromatic carbocycles. The Kier molecular flexibility index (Phi) is 8.58. The molecule has 4 saturated carbocycles. The topological polar surface area (TPSA) is 61.8 Å². The van der Waals surface area contributed by atoms with Gasteiger partial charge < -0.3 is 13.9 Å². The van der Waals surface area contributed by atoms with E-state index >= 15 is 0 Å². The van der Waals surface area contributed by atoms with Gasteiger partial charge in [0.2, 0.25) is 0 Å². The van der Waals surface area contributed by atoms with Gasteiger partial charge in [0.1, 0.15) is 6.10 Å². The molecule has 6 heteroatoms. The highest BCUT2D eigenvalue weighted by Gasteiger charge is 2.61. The van der Waals surface area contributed by atoms with E-state index in [-0.39, 0.29) is 47.4 Å². The number of ether oxygens (including phenoxy) is 2. The molecular formula is C32H56O5Si. The summed E-state index contributed by atoms with van der Waals surface area (Å²) in [6.45, 7) is 20.5. The van der Waals surface area contributed by atoms with E-state index in [0.717, 1.165) is 30.6 Å². The van der Waals surface area contributed by atoms with Crippen LogP contribution in [0.4, 0.5) is 0 Å². The molecular weight excluding hydrogens is 492 g/mol. The van der Waals surface area contributed by atoms with Crippen LogP contribution in [0, 0.1) is 34.5 Å². The van der Waals surface area contributed by atoms with Crippen LogP contribution in [0.5, 0.6) is 0 Å². The molecule has 38 heavy (non-hydrogen) atoms. The summed E-state index contributed by atoms with van der Waals surface area (Å²) in [6.07, 6.45) is 11.4. The second-order valence-electron chi connectivity index (χ2n) is 15.6. The molecule has 5 nitrogen and oxygen atoms in total. The molecule has 4 aliphatic rings. The van der Waals surface area contributed by atoms with Crippen molar-refractivity contribution in [3.8, 4) is 0 Å². The zero-order valence-corrected chi connectivity index (χ0v) is 26.9. The first kappa shape index (κ1) is 30.1. The maximum absolute atomic E-state index is 12.7. The van der Waals surface area contributed by atoms with Gasteiger partial charge in [-0.3, -0.25) is 9.59 Å². The van der Waals surface area contributed by atoms with Crippen molar-refractivity contribution in [3.05, 3.63) is 0 Å². The first-order chi connectivity index (χ1) is 17.6. The second-order valence-corrected chi connectivity index (χ2v) is 20.3. The summed E-state index contributed by atoms with van der Waals surface area (Å²) in [7, 11) is -1.74. The summed E-state index contributed by atoms with van der Waals surface area (Å²) >= 11 is 0. The van der Waals surface area contributed by atoms with Crippen LogP contribution in [0.2, 0.25) is 18.1 Å². The van der Waals surface area contributed by atoms with Crippen molar-refractivity contribution < 1.29 is 23.5 Å². The standard InChI is InChI=1S/C32H56O5Si/c1-21(2)35-28(33)14-15-29(34)36-27-13-12-25-24-11-10-22-20-23(37-38(8,9)30(3,4)5)16-18-31(22,6)26(24)17-19-32(25,27)7/h21-27H,10-20H2,1-9H3/t22-,23?,24+,25+,26+,27+,31+,32+/m1/s1. The van der Waals surface area contributed by atoms with E-state index in [1.165, 1.54) is 44.9 Å². The van der Waals surface area contributed by atoms with Crippen molar-refractivity contribution >= 4 is 20.3 Å². The van der Waals surface area contributed by atoms with Crippen LogP contribution >= 0.6 is 0 Å². The summed E-state index contributed by atoms with van der Waals surface area (Å²) in [5, 5.41) is 0.263. The van der Waals surface area contributed by atoms with Crippen molar-refractivity contribution in [2.75, 3.05) is 0 Å². The molecule has 1 unspecified atom stereocenters. The molecule has 4 fully saturated rings.